The summed E-state index contributed by atoms with van der Waals surface area (Å²) >= 11 is 4.69. The second kappa shape index (κ2) is 16.1. The standard InChI is InChI=1S/C23H40S.ClH/c1-4-5-6-7-8-9-10-11-13-18-22(19-24)23(20(2)3)21-16-14-12-15-17-21;/h12,14-17,20,22-24H,4-11,13,18-19H2,1-3H3;1H. The Bertz CT molecular complexity index is 390. The van der Waals surface area contributed by atoms with Crippen molar-refractivity contribution in [3.8, 4) is 0 Å². The van der Waals surface area contributed by atoms with Crippen LogP contribution in [0, 0.1) is 11.8 Å². The van der Waals surface area contributed by atoms with Gasteiger partial charge in [0, 0.05) is 0 Å². The van der Waals surface area contributed by atoms with E-state index in [0.29, 0.717) is 17.8 Å². The highest BCUT2D eigenvalue weighted by molar-refractivity contribution is 7.80. The van der Waals surface area contributed by atoms with Crippen LogP contribution in [0.3, 0.4) is 0 Å². The molecule has 0 amide bonds. The van der Waals surface area contributed by atoms with Crippen molar-refractivity contribution in [2.24, 2.45) is 11.8 Å². The molecular formula is C23H41ClS. The van der Waals surface area contributed by atoms with E-state index in [0.717, 1.165) is 5.75 Å². The van der Waals surface area contributed by atoms with Gasteiger partial charge in [-0.2, -0.15) is 12.6 Å². The minimum atomic E-state index is 0. The van der Waals surface area contributed by atoms with Crippen LogP contribution >= 0.6 is 25.0 Å². The monoisotopic (exact) mass is 384 g/mol. The Morgan fingerprint density at radius 3 is 1.80 bits per heavy atom. The Labute approximate surface area is 169 Å². The average molecular weight is 385 g/mol. The molecule has 0 radical (unpaired) electrons. The van der Waals surface area contributed by atoms with E-state index in [-0.39, 0.29) is 12.4 Å². The molecule has 0 N–H and O–H groups in total. The molecule has 0 spiro atoms. The van der Waals surface area contributed by atoms with E-state index in [1.807, 2.05) is 0 Å². The highest BCUT2D eigenvalue weighted by Gasteiger charge is 2.24. The molecule has 0 saturated carbocycles. The van der Waals surface area contributed by atoms with Crippen LogP contribution in [0.15, 0.2) is 30.3 Å². The molecule has 1 aromatic rings. The number of thiol groups is 1. The molecule has 1 rings (SSSR count). The van der Waals surface area contributed by atoms with Gasteiger partial charge >= 0.3 is 0 Å². The van der Waals surface area contributed by atoms with Gasteiger partial charge in [0.1, 0.15) is 0 Å². The molecule has 2 atom stereocenters. The minimum absolute atomic E-state index is 0. The van der Waals surface area contributed by atoms with E-state index in [2.05, 4.69) is 51.1 Å². The number of halogens is 1. The number of rotatable bonds is 14. The van der Waals surface area contributed by atoms with Gasteiger partial charge in [-0.3, -0.25) is 0 Å². The molecule has 0 aromatic heterocycles. The molecule has 25 heavy (non-hydrogen) atoms. The zero-order chi connectivity index (χ0) is 17.6. The fraction of sp³-hybridized carbons (Fsp3) is 0.739. The average Bonchev–Trinajstić information content (AvgIpc) is 2.59. The second-order valence-electron chi connectivity index (χ2n) is 7.74. The van der Waals surface area contributed by atoms with Crippen molar-refractivity contribution in [2.45, 2.75) is 90.9 Å². The Balaban J connectivity index is 0.00000576. The summed E-state index contributed by atoms with van der Waals surface area (Å²) in [7, 11) is 0. The van der Waals surface area contributed by atoms with E-state index in [1.165, 1.54) is 69.8 Å². The van der Waals surface area contributed by atoms with Crippen molar-refractivity contribution in [1.82, 2.24) is 0 Å². The minimum Gasteiger partial charge on any atom is -0.179 e. The lowest BCUT2D eigenvalue weighted by Gasteiger charge is -2.30. The largest absolute Gasteiger partial charge is 0.179 e. The van der Waals surface area contributed by atoms with Gasteiger partial charge in [0.05, 0.1) is 0 Å². The van der Waals surface area contributed by atoms with Crippen molar-refractivity contribution in [2.75, 3.05) is 5.75 Å². The van der Waals surface area contributed by atoms with Crippen molar-refractivity contribution in [3.63, 3.8) is 0 Å². The molecule has 2 heteroatoms. The summed E-state index contributed by atoms with van der Waals surface area (Å²) in [5.41, 5.74) is 1.50. The summed E-state index contributed by atoms with van der Waals surface area (Å²) in [6.07, 6.45) is 14.0. The number of unbranched alkanes of at least 4 members (excludes halogenated alkanes) is 8. The van der Waals surface area contributed by atoms with Gasteiger partial charge in [0.2, 0.25) is 0 Å². The van der Waals surface area contributed by atoms with Crippen LogP contribution in [-0.4, -0.2) is 5.75 Å². The smallest absolute Gasteiger partial charge is 0.00636 e. The summed E-state index contributed by atoms with van der Waals surface area (Å²) < 4.78 is 0. The predicted molar refractivity (Wildman–Crippen MR) is 120 cm³/mol. The maximum absolute atomic E-state index is 4.69. The highest BCUT2D eigenvalue weighted by Crippen LogP contribution is 2.35. The molecule has 0 saturated heterocycles. The Hall–Kier alpha value is -0.140. The van der Waals surface area contributed by atoms with Crippen LogP contribution in [0.5, 0.6) is 0 Å². The van der Waals surface area contributed by atoms with E-state index in [1.54, 1.807) is 0 Å². The van der Waals surface area contributed by atoms with Crippen molar-refractivity contribution < 1.29 is 0 Å². The van der Waals surface area contributed by atoms with Crippen molar-refractivity contribution in [1.29, 1.82) is 0 Å². The van der Waals surface area contributed by atoms with Gasteiger partial charge in [0.15, 0.2) is 0 Å². The number of hydrogen-bond donors (Lipinski definition) is 1. The normalized spacial score (nSPS) is 13.5. The summed E-state index contributed by atoms with van der Waals surface area (Å²) in [4.78, 5) is 0. The van der Waals surface area contributed by atoms with Gasteiger partial charge in [0.25, 0.3) is 0 Å². The van der Waals surface area contributed by atoms with Gasteiger partial charge < -0.3 is 0 Å². The van der Waals surface area contributed by atoms with Crippen LogP contribution in [0.1, 0.15) is 96.5 Å². The van der Waals surface area contributed by atoms with Crippen LogP contribution in [-0.2, 0) is 0 Å². The fourth-order valence-corrected chi connectivity index (χ4v) is 4.39. The molecule has 146 valence electrons. The van der Waals surface area contributed by atoms with Crippen LogP contribution in [0.2, 0.25) is 0 Å². The first-order chi connectivity index (χ1) is 11.7. The lowest BCUT2D eigenvalue weighted by Crippen LogP contribution is -2.20. The molecule has 0 fully saturated rings. The Morgan fingerprint density at radius 1 is 0.800 bits per heavy atom. The maximum atomic E-state index is 4.69. The molecule has 0 aliphatic carbocycles. The molecule has 1 aromatic carbocycles. The Kier molecular flexibility index (Phi) is 16.0. The third kappa shape index (κ3) is 10.6. The first-order valence-electron chi connectivity index (χ1n) is 10.4. The summed E-state index contributed by atoms with van der Waals surface area (Å²) in [6, 6.07) is 11.1. The summed E-state index contributed by atoms with van der Waals surface area (Å²) in [5, 5.41) is 0. The summed E-state index contributed by atoms with van der Waals surface area (Å²) in [6.45, 7) is 7.02. The zero-order valence-corrected chi connectivity index (χ0v) is 18.5. The summed E-state index contributed by atoms with van der Waals surface area (Å²) in [5.74, 6) is 3.05. The zero-order valence-electron chi connectivity index (χ0n) is 16.8. The predicted octanol–water partition coefficient (Wildman–Crippen LogP) is 8.31. The molecule has 0 bridgehead atoms. The van der Waals surface area contributed by atoms with Crippen molar-refractivity contribution in [3.05, 3.63) is 35.9 Å². The van der Waals surface area contributed by atoms with Crippen LogP contribution in [0.25, 0.3) is 0 Å². The first kappa shape index (κ1) is 24.9. The van der Waals surface area contributed by atoms with Crippen LogP contribution in [0.4, 0.5) is 0 Å². The lowest BCUT2D eigenvalue weighted by atomic mass is 9.77. The third-order valence-electron chi connectivity index (χ3n) is 5.32. The highest BCUT2D eigenvalue weighted by atomic mass is 35.5. The molecular weight excluding hydrogens is 344 g/mol. The van der Waals surface area contributed by atoms with Gasteiger partial charge in [-0.15, -0.1) is 12.4 Å². The van der Waals surface area contributed by atoms with E-state index >= 15 is 0 Å². The quantitative estimate of drug-likeness (QED) is 0.242. The van der Waals surface area contributed by atoms with E-state index < -0.39 is 0 Å². The maximum Gasteiger partial charge on any atom is -0.00636 e. The van der Waals surface area contributed by atoms with Gasteiger partial charge in [-0.25, -0.2) is 0 Å². The number of benzene rings is 1. The SMILES string of the molecule is CCCCCCCCCCCC(CS)C(c1ccccc1)C(C)C.Cl. The third-order valence-corrected chi connectivity index (χ3v) is 5.79. The topological polar surface area (TPSA) is 0 Å². The lowest BCUT2D eigenvalue weighted by molar-refractivity contribution is 0.341. The molecule has 0 aliphatic heterocycles. The van der Waals surface area contributed by atoms with Gasteiger partial charge in [-0.1, -0.05) is 109 Å². The van der Waals surface area contributed by atoms with Crippen molar-refractivity contribution >= 4 is 25.0 Å². The molecule has 0 nitrogen and oxygen atoms in total. The first-order valence-corrected chi connectivity index (χ1v) is 11.0. The van der Waals surface area contributed by atoms with E-state index in [9.17, 15) is 0 Å². The fourth-order valence-electron chi connectivity index (χ4n) is 3.98. The molecule has 2 unspecified atom stereocenters. The van der Waals surface area contributed by atoms with E-state index in [4.69, 9.17) is 12.6 Å². The second-order valence-corrected chi connectivity index (χ2v) is 8.11. The van der Waals surface area contributed by atoms with Crippen LogP contribution < -0.4 is 0 Å². The molecule has 0 heterocycles. The number of hydrogen-bond acceptors (Lipinski definition) is 1. The molecule has 0 aliphatic rings. The Morgan fingerprint density at radius 2 is 1.32 bits per heavy atom. The van der Waals surface area contributed by atoms with Gasteiger partial charge in [-0.05, 0) is 35.5 Å².